The predicted octanol–water partition coefficient (Wildman–Crippen LogP) is 2.70. The summed E-state index contributed by atoms with van der Waals surface area (Å²) in [5.74, 6) is 0.305. The molecule has 0 saturated carbocycles. The third-order valence-corrected chi connectivity index (χ3v) is 5.13. The minimum Gasteiger partial charge on any atom is -0.342 e. The maximum Gasteiger partial charge on any atom is 0.222 e. The minimum absolute atomic E-state index is 0.0548. The van der Waals surface area contributed by atoms with Crippen molar-refractivity contribution in [1.82, 2.24) is 4.90 Å². The highest BCUT2D eigenvalue weighted by Gasteiger charge is 2.53. The van der Waals surface area contributed by atoms with Gasteiger partial charge in [-0.2, -0.15) is 5.26 Å². The summed E-state index contributed by atoms with van der Waals surface area (Å²) in [5.41, 5.74) is -0.568. The zero-order valence-electron chi connectivity index (χ0n) is 13.4. The van der Waals surface area contributed by atoms with Crippen LogP contribution in [0.5, 0.6) is 0 Å². The number of likely N-dealkylation sites (tertiary alicyclic amines) is 1. The Morgan fingerprint density at radius 1 is 1.48 bits per heavy atom. The number of hydrogen-bond acceptors (Lipinski definition) is 3. The number of carbonyl (C=O) groups is 2. The van der Waals surface area contributed by atoms with E-state index in [1.54, 1.807) is 0 Å². The topological polar surface area (TPSA) is 61.2 Å². The SMILES string of the molecule is CCCC(=O)N1CC[C@H]2C(C)(C)C(=O)C(C#N)=C[C@]2(C)C1. The van der Waals surface area contributed by atoms with Crippen LogP contribution < -0.4 is 0 Å². The molecule has 0 unspecified atom stereocenters. The molecule has 21 heavy (non-hydrogen) atoms. The molecule has 2 rings (SSSR count). The van der Waals surface area contributed by atoms with E-state index < -0.39 is 5.41 Å². The smallest absolute Gasteiger partial charge is 0.222 e. The molecule has 0 N–H and O–H groups in total. The van der Waals surface area contributed by atoms with E-state index in [0.29, 0.717) is 19.5 Å². The lowest BCUT2D eigenvalue weighted by molar-refractivity contribution is -0.140. The maximum absolute atomic E-state index is 12.4. The largest absolute Gasteiger partial charge is 0.342 e. The van der Waals surface area contributed by atoms with Crippen LogP contribution in [-0.2, 0) is 9.59 Å². The molecule has 1 amide bonds. The zero-order valence-corrected chi connectivity index (χ0v) is 13.4. The van der Waals surface area contributed by atoms with E-state index in [9.17, 15) is 14.9 Å². The molecule has 0 aromatic rings. The van der Waals surface area contributed by atoms with E-state index in [0.717, 1.165) is 12.8 Å². The Bertz CT molecular complexity index is 541. The van der Waals surface area contributed by atoms with Gasteiger partial charge < -0.3 is 4.90 Å². The average molecular weight is 288 g/mol. The first kappa shape index (κ1) is 15.8. The summed E-state index contributed by atoms with van der Waals surface area (Å²) in [7, 11) is 0. The van der Waals surface area contributed by atoms with Crippen LogP contribution >= 0.6 is 0 Å². The van der Waals surface area contributed by atoms with Gasteiger partial charge in [0.05, 0.1) is 5.57 Å². The Hall–Kier alpha value is -1.63. The summed E-state index contributed by atoms with van der Waals surface area (Å²) in [4.78, 5) is 26.5. The van der Waals surface area contributed by atoms with E-state index in [4.69, 9.17) is 0 Å². The molecule has 0 radical (unpaired) electrons. The van der Waals surface area contributed by atoms with Crippen LogP contribution in [0.3, 0.4) is 0 Å². The lowest BCUT2D eigenvalue weighted by atomic mass is 9.55. The molecule has 1 aliphatic carbocycles. The molecule has 114 valence electrons. The third kappa shape index (κ3) is 2.50. The fourth-order valence-electron chi connectivity index (χ4n) is 4.12. The molecule has 1 saturated heterocycles. The van der Waals surface area contributed by atoms with E-state index in [2.05, 4.69) is 6.92 Å². The number of Topliss-reactive ketones (excluding diaryl/α,β-unsaturated/α-hetero) is 1. The quantitative estimate of drug-likeness (QED) is 0.785. The second-order valence-electron chi connectivity index (χ2n) is 7.13. The Labute approximate surface area is 126 Å². The van der Waals surface area contributed by atoms with Gasteiger partial charge in [-0.25, -0.2) is 0 Å². The minimum atomic E-state index is -0.533. The summed E-state index contributed by atoms with van der Waals surface area (Å²) >= 11 is 0. The summed E-state index contributed by atoms with van der Waals surface area (Å²) in [6.45, 7) is 9.28. The number of nitriles is 1. The molecule has 0 aromatic heterocycles. The van der Waals surface area contributed by atoms with E-state index >= 15 is 0 Å². The van der Waals surface area contributed by atoms with Gasteiger partial charge in [0.25, 0.3) is 0 Å². The van der Waals surface area contributed by atoms with Crippen molar-refractivity contribution in [2.24, 2.45) is 16.7 Å². The fourth-order valence-corrected chi connectivity index (χ4v) is 4.12. The summed E-state index contributed by atoms with van der Waals surface area (Å²) in [6, 6.07) is 2.04. The average Bonchev–Trinajstić information content (AvgIpc) is 2.42. The van der Waals surface area contributed by atoms with Gasteiger partial charge in [0.1, 0.15) is 6.07 Å². The van der Waals surface area contributed by atoms with Crippen molar-refractivity contribution in [2.45, 2.75) is 47.0 Å². The number of amides is 1. The standard InChI is InChI=1S/C17H24N2O2/c1-5-6-14(20)19-8-7-13-16(2,3)15(21)12(10-18)9-17(13,4)11-19/h9,13H,5-8,11H2,1-4H3/t13-,17+/m0/s1. The van der Waals surface area contributed by atoms with Crippen LogP contribution in [0.25, 0.3) is 0 Å². The number of carbonyl (C=O) groups excluding carboxylic acids is 2. The zero-order chi connectivity index (χ0) is 15.8. The summed E-state index contributed by atoms with van der Waals surface area (Å²) in [6.07, 6.45) is 4.05. The highest BCUT2D eigenvalue weighted by atomic mass is 16.2. The van der Waals surface area contributed by atoms with Gasteiger partial charge in [0.15, 0.2) is 5.78 Å². The first-order valence-electron chi connectivity index (χ1n) is 7.72. The number of piperidine rings is 1. The van der Waals surface area contributed by atoms with Crippen molar-refractivity contribution < 1.29 is 9.59 Å². The van der Waals surface area contributed by atoms with Crippen molar-refractivity contribution in [1.29, 1.82) is 5.26 Å². The lowest BCUT2D eigenvalue weighted by Crippen LogP contribution is -2.56. The molecule has 1 fully saturated rings. The first-order chi connectivity index (χ1) is 9.76. The lowest BCUT2D eigenvalue weighted by Gasteiger charge is -2.53. The second-order valence-corrected chi connectivity index (χ2v) is 7.13. The van der Waals surface area contributed by atoms with Crippen molar-refractivity contribution in [3.05, 3.63) is 11.6 Å². The molecule has 1 aliphatic heterocycles. The van der Waals surface area contributed by atoms with E-state index in [1.165, 1.54) is 0 Å². The number of hydrogen-bond donors (Lipinski definition) is 0. The molecule has 2 aliphatic rings. The van der Waals surface area contributed by atoms with Gasteiger partial charge in [-0.3, -0.25) is 9.59 Å². The Morgan fingerprint density at radius 2 is 2.14 bits per heavy atom. The maximum atomic E-state index is 12.4. The second kappa shape index (κ2) is 5.29. The van der Waals surface area contributed by atoms with E-state index in [1.807, 2.05) is 37.8 Å². The Balaban J connectivity index is 2.36. The van der Waals surface area contributed by atoms with Crippen molar-refractivity contribution in [3.63, 3.8) is 0 Å². The van der Waals surface area contributed by atoms with Gasteiger partial charge in [0.2, 0.25) is 5.91 Å². The van der Waals surface area contributed by atoms with Crippen molar-refractivity contribution >= 4 is 11.7 Å². The first-order valence-corrected chi connectivity index (χ1v) is 7.72. The third-order valence-electron chi connectivity index (χ3n) is 5.13. The fraction of sp³-hybridized carbons (Fsp3) is 0.706. The number of nitrogens with zero attached hydrogens (tertiary/aromatic N) is 2. The van der Waals surface area contributed by atoms with Gasteiger partial charge >= 0.3 is 0 Å². The Kier molecular flexibility index (Phi) is 3.97. The molecule has 1 heterocycles. The van der Waals surface area contributed by atoms with Gasteiger partial charge in [-0.1, -0.05) is 33.8 Å². The van der Waals surface area contributed by atoms with Crippen LogP contribution in [0, 0.1) is 28.1 Å². The molecule has 0 spiro atoms. The van der Waals surface area contributed by atoms with Gasteiger partial charge in [-0.05, 0) is 18.8 Å². The highest BCUT2D eigenvalue weighted by molar-refractivity contribution is 6.04. The molecular formula is C17H24N2O2. The molecule has 4 heteroatoms. The monoisotopic (exact) mass is 288 g/mol. The van der Waals surface area contributed by atoms with Crippen LogP contribution in [0.4, 0.5) is 0 Å². The number of fused-ring (bicyclic) bond motifs is 1. The van der Waals surface area contributed by atoms with Gasteiger partial charge in [0, 0.05) is 30.3 Å². The highest BCUT2D eigenvalue weighted by Crippen LogP contribution is 2.51. The summed E-state index contributed by atoms with van der Waals surface area (Å²) in [5, 5.41) is 9.24. The number of ketones is 1. The Morgan fingerprint density at radius 3 is 2.71 bits per heavy atom. The van der Waals surface area contributed by atoms with Crippen molar-refractivity contribution in [2.75, 3.05) is 13.1 Å². The normalized spacial score (nSPS) is 31.2. The predicted molar refractivity (Wildman–Crippen MR) is 80.2 cm³/mol. The molecular weight excluding hydrogens is 264 g/mol. The molecule has 0 bridgehead atoms. The van der Waals surface area contributed by atoms with Crippen LogP contribution in [0.15, 0.2) is 11.6 Å². The number of rotatable bonds is 2. The van der Waals surface area contributed by atoms with Crippen LogP contribution in [0.2, 0.25) is 0 Å². The molecule has 2 atom stereocenters. The molecule has 0 aromatic carbocycles. The van der Waals surface area contributed by atoms with Crippen LogP contribution in [-0.4, -0.2) is 29.7 Å². The number of allylic oxidation sites excluding steroid dienone is 1. The van der Waals surface area contributed by atoms with E-state index in [-0.39, 0.29) is 28.6 Å². The molecule has 4 nitrogen and oxygen atoms in total. The van der Waals surface area contributed by atoms with Gasteiger partial charge in [-0.15, -0.1) is 0 Å². The van der Waals surface area contributed by atoms with Crippen molar-refractivity contribution in [3.8, 4) is 6.07 Å². The summed E-state index contributed by atoms with van der Waals surface area (Å²) < 4.78 is 0. The van der Waals surface area contributed by atoms with Crippen LogP contribution in [0.1, 0.15) is 47.0 Å².